The fourth-order valence-corrected chi connectivity index (χ4v) is 5.04. The molecule has 7 nitrogen and oxygen atoms in total. The minimum absolute atomic E-state index is 0.0360. The van der Waals surface area contributed by atoms with Crippen LogP contribution in [0.5, 0.6) is 5.75 Å². The van der Waals surface area contributed by atoms with Gasteiger partial charge < -0.3 is 9.72 Å². The highest BCUT2D eigenvalue weighted by Gasteiger charge is 2.29. The van der Waals surface area contributed by atoms with E-state index in [2.05, 4.69) is 4.98 Å². The molecule has 0 bridgehead atoms. The molecule has 1 aromatic heterocycles. The number of nitrogens with one attached hydrogen (secondary N) is 1. The van der Waals surface area contributed by atoms with Crippen molar-refractivity contribution in [2.45, 2.75) is 4.90 Å². The van der Waals surface area contributed by atoms with Crippen molar-refractivity contribution in [1.29, 1.82) is 0 Å². The fourth-order valence-electron chi connectivity index (χ4n) is 3.62. The Balaban J connectivity index is 1.39. The molecule has 1 saturated heterocycles. The summed E-state index contributed by atoms with van der Waals surface area (Å²) in [5.41, 5.74) is 1.61. The summed E-state index contributed by atoms with van der Waals surface area (Å²) < 4.78 is 32.2. The first-order valence-corrected chi connectivity index (χ1v) is 10.9. The minimum Gasteiger partial charge on any atom is -0.497 e. The van der Waals surface area contributed by atoms with Crippen molar-refractivity contribution >= 4 is 26.7 Å². The van der Waals surface area contributed by atoms with E-state index in [0.717, 1.165) is 10.9 Å². The predicted molar refractivity (Wildman–Crippen MR) is 111 cm³/mol. The van der Waals surface area contributed by atoms with Crippen molar-refractivity contribution in [3.05, 3.63) is 60.3 Å². The zero-order valence-electron chi connectivity index (χ0n) is 16.2. The third-order valence-corrected chi connectivity index (χ3v) is 7.20. The molecule has 1 aliphatic heterocycles. The number of ether oxygens (including phenoxy) is 1. The van der Waals surface area contributed by atoms with Crippen molar-refractivity contribution in [2.75, 3.05) is 39.8 Å². The minimum atomic E-state index is -3.55. The van der Waals surface area contributed by atoms with Crippen molar-refractivity contribution in [1.82, 2.24) is 14.2 Å². The average Bonchev–Trinajstić information content (AvgIpc) is 3.18. The summed E-state index contributed by atoms with van der Waals surface area (Å²) in [4.78, 5) is 18.1. The lowest BCUT2D eigenvalue weighted by Gasteiger charge is -2.33. The summed E-state index contributed by atoms with van der Waals surface area (Å²) in [5.74, 6) is 0.651. The summed E-state index contributed by atoms with van der Waals surface area (Å²) >= 11 is 0. The number of H-pyrrole nitrogens is 1. The van der Waals surface area contributed by atoms with Gasteiger partial charge in [-0.25, -0.2) is 8.42 Å². The van der Waals surface area contributed by atoms with Crippen LogP contribution in [0.15, 0.2) is 59.6 Å². The van der Waals surface area contributed by atoms with Crippen LogP contribution in [0.25, 0.3) is 10.9 Å². The zero-order valence-corrected chi connectivity index (χ0v) is 17.0. The predicted octanol–water partition coefficient (Wildman–Crippen LogP) is 2.37. The fraction of sp³-hybridized carbons (Fsp3) is 0.286. The molecule has 3 aromatic rings. The molecule has 1 fully saturated rings. The first-order chi connectivity index (χ1) is 14.0. The van der Waals surface area contributed by atoms with Gasteiger partial charge in [0, 0.05) is 48.8 Å². The molecule has 2 heterocycles. The third kappa shape index (κ3) is 3.91. The number of hydrogen-bond acceptors (Lipinski definition) is 5. The van der Waals surface area contributed by atoms with Gasteiger partial charge in [-0.05, 0) is 30.3 Å². The van der Waals surface area contributed by atoms with E-state index in [9.17, 15) is 13.2 Å². The molecule has 0 radical (unpaired) electrons. The lowest BCUT2D eigenvalue weighted by Crippen LogP contribution is -2.49. The van der Waals surface area contributed by atoms with E-state index in [0.29, 0.717) is 37.5 Å². The number of aromatic nitrogens is 1. The largest absolute Gasteiger partial charge is 0.497 e. The normalized spacial score (nSPS) is 16.2. The lowest BCUT2D eigenvalue weighted by molar-refractivity contribution is 0.0903. The molecule has 0 amide bonds. The maximum Gasteiger partial charge on any atom is 0.243 e. The summed E-state index contributed by atoms with van der Waals surface area (Å²) in [6, 6.07) is 14.1. The van der Waals surface area contributed by atoms with Crippen LogP contribution in [0.3, 0.4) is 0 Å². The van der Waals surface area contributed by atoms with Crippen LogP contribution >= 0.6 is 0 Å². The molecule has 0 aliphatic carbocycles. The molecule has 1 N–H and O–H groups in total. The van der Waals surface area contributed by atoms with Gasteiger partial charge in [0.1, 0.15) is 5.75 Å². The molecule has 2 aromatic carbocycles. The molecule has 0 spiro atoms. The number of carbonyl (C=O) groups is 1. The van der Waals surface area contributed by atoms with Gasteiger partial charge in [-0.3, -0.25) is 9.69 Å². The summed E-state index contributed by atoms with van der Waals surface area (Å²) in [6.45, 7) is 2.02. The second-order valence-electron chi connectivity index (χ2n) is 7.03. The highest BCUT2D eigenvalue weighted by atomic mass is 32.2. The second-order valence-corrected chi connectivity index (χ2v) is 8.96. The van der Waals surface area contributed by atoms with E-state index in [1.807, 2.05) is 29.2 Å². The van der Waals surface area contributed by atoms with Crippen LogP contribution in [0.2, 0.25) is 0 Å². The van der Waals surface area contributed by atoms with Crippen molar-refractivity contribution in [3.8, 4) is 5.75 Å². The molecule has 29 heavy (non-hydrogen) atoms. The highest BCUT2D eigenvalue weighted by molar-refractivity contribution is 7.89. The number of sulfonamides is 1. The standard InChI is InChI=1S/C21H23N3O4S/c1-28-16-6-8-17(9-7-16)29(26,27)24-12-10-23(11-13-24)15-21(25)19-14-22-20-5-3-2-4-18(19)20/h2-9,14,22H,10-13,15H2,1H3. The molecular formula is C21H23N3O4S. The Bertz CT molecular complexity index is 1110. The maximum atomic E-state index is 12.8. The van der Waals surface area contributed by atoms with Crippen LogP contribution in [-0.2, 0) is 10.0 Å². The van der Waals surface area contributed by atoms with E-state index < -0.39 is 10.0 Å². The van der Waals surface area contributed by atoms with Gasteiger partial charge >= 0.3 is 0 Å². The van der Waals surface area contributed by atoms with Crippen LogP contribution < -0.4 is 4.74 Å². The van der Waals surface area contributed by atoms with Crippen LogP contribution in [0.4, 0.5) is 0 Å². The lowest BCUT2D eigenvalue weighted by atomic mass is 10.1. The number of methoxy groups -OCH3 is 1. The summed E-state index contributed by atoms with van der Waals surface area (Å²) in [6.07, 6.45) is 1.75. The second kappa shape index (κ2) is 7.98. The van der Waals surface area contributed by atoms with Gasteiger partial charge in [0.15, 0.2) is 5.78 Å². The molecule has 152 valence electrons. The van der Waals surface area contributed by atoms with Gasteiger partial charge in [-0.2, -0.15) is 4.31 Å². The number of piperazine rings is 1. The van der Waals surface area contributed by atoms with E-state index in [4.69, 9.17) is 4.74 Å². The molecule has 1 aliphatic rings. The van der Waals surface area contributed by atoms with Crippen LogP contribution in [-0.4, -0.2) is 68.2 Å². The number of ketones is 1. The SMILES string of the molecule is COc1ccc(S(=O)(=O)N2CCN(CC(=O)c3c[nH]c4ccccc34)CC2)cc1. The first kappa shape index (κ1) is 19.6. The van der Waals surface area contributed by atoms with Gasteiger partial charge in [0.2, 0.25) is 10.0 Å². The van der Waals surface area contributed by atoms with Gasteiger partial charge in [0.25, 0.3) is 0 Å². The monoisotopic (exact) mass is 413 g/mol. The van der Waals surface area contributed by atoms with Gasteiger partial charge in [-0.1, -0.05) is 18.2 Å². The molecule has 8 heteroatoms. The number of Topliss-reactive ketones (excluding diaryl/α,β-unsaturated/α-hetero) is 1. The van der Waals surface area contributed by atoms with E-state index in [1.165, 1.54) is 4.31 Å². The number of nitrogens with zero attached hydrogens (tertiary/aromatic N) is 2. The number of para-hydroxylation sites is 1. The molecule has 0 atom stereocenters. The van der Waals surface area contributed by atoms with E-state index >= 15 is 0 Å². The van der Waals surface area contributed by atoms with E-state index in [1.54, 1.807) is 37.6 Å². The first-order valence-electron chi connectivity index (χ1n) is 9.45. The Kier molecular flexibility index (Phi) is 5.40. The molecular weight excluding hydrogens is 390 g/mol. The smallest absolute Gasteiger partial charge is 0.243 e. The Morgan fingerprint density at radius 3 is 2.41 bits per heavy atom. The Morgan fingerprint density at radius 2 is 1.72 bits per heavy atom. The summed E-state index contributed by atoms with van der Waals surface area (Å²) in [7, 11) is -2.01. The number of fused-ring (bicyclic) bond motifs is 1. The quantitative estimate of drug-likeness (QED) is 0.628. The van der Waals surface area contributed by atoms with Gasteiger partial charge in [-0.15, -0.1) is 0 Å². The number of aromatic amines is 1. The molecule has 0 saturated carbocycles. The Labute approximate surface area is 169 Å². The zero-order chi connectivity index (χ0) is 20.4. The highest BCUT2D eigenvalue weighted by Crippen LogP contribution is 2.22. The van der Waals surface area contributed by atoms with Gasteiger partial charge in [0.05, 0.1) is 18.6 Å². The maximum absolute atomic E-state index is 12.8. The third-order valence-electron chi connectivity index (χ3n) is 5.29. The topological polar surface area (TPSA) is 82.7 Å². The van der Waals surface area contributed by atoms with Crippen LogP contribution in [0, 0.1) is 0 Å². The van der Waals surface area contributed by atoms with Crippen molar-refractivity contribution < 1.29 is 17.9 Å². The number of carbonyl (C=O) groups excluding carboxylic acids is 1. The van der Waals surface area contributed by atoms with Crippen molar-refractivity contribution in [2.24, 2.45) is 0 Å². The summed E-state index contributed by atoms with van der Waals surface area (Å²) in [5, 5.41) is 0.915. The molecule has 4 rings (SSSR count). The van der Waals surface area contributed by atoms with Crippen LogP contribution in [0.1, 0.15) is 10.4 Å². The average molecular weight is 413 g/mol. The van der Waals surface area contributed by atoms with E-state index in [-0.39, 0.29) is 17.2 Å². The molecule has 0 unspecified atom stereocenters. The number of rotatable bonds is 6. The Morgan fingerprint density at radius 1 is 1.03 bits per heavy atom. The number of benzene rings is 2. The Hall–Kier alpha value is -2.68. The number of hydrogen-bond donors (Lipinski definition) is 1. The van der Waals surface area contributed by atoms with Crippen molar-refractivity contribution in [3.63, 3.8) is 0 Å².